The van der Waals surface area contributed by atoms with Gasteiger partial charge in [-0.2, -0.15) is 0 Å². The molecule has 3 atom stereocenters. The fraction of sp³-hybridized carbons (Fsp3) is 0.273. The third-order valence-corrected chi connectivity index (χ3v) is 6.99. The molecule has 0 fully saturated rings. The van der Waals surface area contributed by atoms with Gasteiger partial charge in [0.25, 0.3) is 0 Å². The van der Waals surface area contributed by atoms with Crippen LogP contribution in [0.4, 0.5) is 0 Å². The Bertz CT molecular complexity index is 1140. The average Bonchev–Trinajstić information content (AvgIpc) is 2.93. The first-order chi connectivity index (χ1) is 18.6. The molecule has 0 aliphatic carbocycles. The van der Waals surface area contributed by atoms with Gasteiger partial charge in [0.05, 0.1) is 6.10 Å². The second-order valence-electron chi connectivity index (χ2n) is 10.2. The maximum Gasteiger partial charge on any atom is 0.373 e. The van der Waals surface area contributed by atoms with Crippen LogP contribution >= 0.6 is 0 Å². The highest BCUT2D eigenvalue weighted by Gasteiger charge is 2.30. The molecule has 5 heteroatoms. The highest BCUT2D eigenvalue weighted by Crippen LogP contribution is 2.22. The predicted molar refractivity (Wildman–Crippen MR) is 158 cm³/mol. The molecule has 0 bridgehead atoms. The summed E-state index contributed by atoms with van der Waals surface area (Å²) in [6.07, 6.45) is 1.38. The number of rotatable bonds is 14. The number of nitrogens with zero attached hydrogens (tertiary/aromatic N) is 1. The lowest BCUT2D eigenvalue weighted by Crippen LogP contribution is -2.49. The van der Waals surface area contributed by atoms with E-state index in [2.05, 4.69) is 95.1 Å². The quantitative estimate of drug-likeness (QED) is 0.202. The molecule has 4 rings (SSSR count). The summed E-state index contributed by atoms with van der Waals surface area (Å²) in [5.74, 6) is 0. The Labute approximate surface area is 228 Å². The third-order valence-electron chi connectivity index (χ3n) is 6.99. The molecule has 4 nitrogen and oxygen atoms in total. The summed E-state index contributed by atoms with van der Waals surface area (Å²) < 4.78 is 0. The van der Waals surface area contributed by atoms with Gasteiger partial charge in [0.1, 0.15) is 0 Å². The molecule has 4 aromatic carbocycles. The Morgan fingerprint density at radius 1 is 0.632 bits per heavy atom. The molecule has 0 spiro atoms. The Kier molecular flexibility index (Phi) is 10.7. The van der Waals surface area contributed by atoms with Crippen molar-refractivity contribution in [2.75, 3.05) is 0 Å². The highest BCUT2D eigenvalue weighted by atomic mass is 16.3. The molecule has 0 saturated heterocycles. The first kappa shape index (κ1) is 27.8. The van der Waals surface area contributed by atoms with Gasteiger partial charge in [0, 0.05) is 25.2 Å². The topological polar surface area (TPSA) is 55.7 Å². The van der Waals surface area contributed by atoms with Crippen LogP contribution in [-0.4, -0.2) is 40.3 Å². The minimum Gasteiger partial charge on any atom is -0.437 e. The van der Waals surface area contributed by atoms with E-state index in [-0.39, 0.29) is 12.1 Å². The molecular weight excluding hydrogens is 467 g/mol. The number of benzene rings is 4. The summed E-state index contributed by atoms with van der Waals surface area (Å²) in [4.78, 5) is 2.41. The molecule has 0 aliphatic rings. The van der Waals surface area contributed by atoms with E-state index in [9.17, 15) is 10.1 Å². The van der Waals surface area contributed by atoms with Crippen LogP contribution in [0.5, 0.6) is 0 Å². The largest absolute Gasteiger partial charge is 0.437 e. The second kappa shape index (κ2) is 14.7. The van der Waals surface area contributed by atoms with Crippen LogP contribution in [-0.2, 0) is 25.9 Å². The highest BCUT2D eigenvalue weighted by molar-refractivity contribution is 6.45. The van der Waals surface area contributed by atoms with Gasteiger partial charge < -0.3 is 15.4 Å². The number of hydrogen-bond acceptors (Lipinski definition) is 4. The monoisotopic (exact) mass is 506 g/mol. The molecule has 0 unspecified atom stereocenters. The molecule has 196 valence electrons. The lowest BCUT2D eigenvalue weighted by Gasteiger charge is -2.37. The summed E-state index contributed by atoms with van der Waals surface area (Å²) in [6, 6.07) is 41.5. The van der Waals surface area contributed by atoms with E-state index in [4.69, 9.17) is 0 Å². The molecule has 0 heterocycles. The zero-order valence-electron chi connectivity index (χ0n) is 22.2. The van der Waals surface area contributed by atoms with Crippen LogP contribution in [0.25, 0.3) is 0 Å². The van der Waals surface area contributed by atoms with Crippen molar-refractivity contribution in [3.05, 3.63) is 144 Å². The van der Waals surface area contributed by atoms with E-state index in [1.54, 1.807) is 6.82 Å². The second-order valence-corrected chi connectivity index (χ2v) is 10.2. The number of nitrogens with one attached hydrogen (secondary N) is 1. The smallest absolute Gasteiger partial charge is 0.373 e. The van der Waals surface area contributed by atoms with Crippen LogP contribution in [0.1, 0.15) is 28.7 Å². The number of aliphatic hydroxyl groups excluding tert-OH is 1. The van der Waals surface area contributed by atoms with Gasteiger partial charge in [0.15, 0.2) is 0 Å². The van der Waals surface area contributed by atoms with Crippen molar-refractivity contribution < 1.29 is 10.1 Å². The molecule has 0 aromatic heterocycles. The molecule has 0 aliphatic heterocycles. The molecule has 4 aromatic rings. The maximum absolute atomic E-state index is 11.9. The Morgan fingerprint density at radius 3 is 1.45 bits per heavy atom. The van der Waals surface area contributed by atoms with Crippen LogP contribution in [0.15, 0.2) is 121 Å². The van der Waals surface area contributed by atoms with Gasteiger partial charge >= 0.3 is 7.05 Å². The zero-order chi connectivity index (χ0) is 26.6. The molecular formula is C33H39BN2O2. The standard InChI is InChI=1S/C33H39BN2O2/c1-34(38)35-31(22-27-14-6-2-7-15-27)24-33(37)32(23-28-16-8-3-9-17-28)36(25-29-18-10-4-11-19-29)26-30-20-12-5-13-21-30/h2-21,31-33,35,37-38H,22-26H2,1H3/t31-,32+,33-/m0/s1. The van der Waals surface area contributed by atoms with Crippen LogP contribution in [0, 0.1) is 0 Å². The molecule has 0 amide bonds. The van der Waals surface area contributed by atoms with Crippen molar-refractivity contribution in [1.82, 2.24) is 10.1 Å². The van der Waals surface area contributed by atoms with Crippen molar-refractivity contribution in [1.29, 1.82) is 0 Å². The van der Waals surface area contributed by atoms with Crippen LogP contribution < -0.4 is 5.23 Å². The van der Waals surface area contributed by atoms with Gasteiger partial charge in [-0.25, -0.2) is 0 Å². The summed E-state index contributed by atoms with van der Waals surface area (Å²) >= 11 is 0. The summed E-state index contributed by atoms with van der Waals surface area (Å²) in [5.41, 5.74) is 4.82. The van der Waals surface area contributed by atoms with E-state index >= 15 is 0 Å². The Morgan fingerprint density at radius 2 is 1.03 bits per heavy atom. The predicted octanol–water partition coefficient (Wildman–Crippen LogP) is 5.36. The van der Waals surface area contributed by atoms with Gasteiger partial charge in [-0.15, -0.1) is 0 Å². The van der Waals surface area contributed by atoms with Crippen molar-refractivity contribution >= 4 is 7.05 Å². The normalized spacial score (nSPS) is 13.7. The van der Waals surface area contributed by atoms with Crippen molar-refractivity contribution in [3.63, 3.8) is 0 Å². The van der Waals surface area contributed by atoms with Gasteiger partial charge in [0.2, 0.25) is 0 Å². The minimum atomic E-state index is -0.659. The summed E-state index contributed by atoms with van der Waals surface area (Å²) in [6.45, 7) is 3.21. The Hall–Kier alpha value is -3.22. The first-order valence-corrected chi connectivity index (χ1v) is 13.6. The number of aliphatic hydroxyl groups is 1. The number of hydrogen-bond donors (Lipinski definition) is 3. The maximum atomic E-state index is 11.9. The van der Waals surface area contributed by atoms with E-state index in [1.807, 2.05) is 36.4 Å². The summed E-state index contributed by atoms with van der Waals surface area (Å²) in [7, 11) is -0.659. The lowest BCUT2D eigenvalue weighted by molar-refractivity contribution is 0.0289. The first-order valence-electron chi connectivity index (χ1n) is 13.6. The van der Waals surface area contributed by atoms with Crippen LogP contribution in [0.2, 0.25) is 6.82 Å². The Balaban J connectivity index is 1.63. The van der Waals surface area contributed by atoms with Crippen LogP contribution in [0.3, 0.4) is 0 Å². The van der Waals surface area contributed by atoms with Crippen molar-refractivity contribution in [2.24, 2.45) is 0 Å². The third kappa shape index (κ3) is 8.96. The molecule has 0 radical (unpaired) electrons. The van der Waals surface area contributed by atoms with E-state index in [0.29, 0.717) is 6.42 Å². The van der Waals surface area contributed by atoms with E-state index in [1.165, 1.54) is 22.3 Å². The van der Waals surface area contributed by atoms with Crippen molar-refractivity contribution in [2.45, 2.75) is 57.4 Å². The van der Waals surface area contributed by atoms with E-state index in [0.717, 1.165) is 25.9 Å². The van der Waals surface area contributed by atoms with E-state index < -0.39 is 13.2 Å². The molecule has 0 saturated carbocycles. The fourth-order valence-electron chi connectivity index (χ4n) is 5.19. The average molecular weight is 506 g/mol. The minimum absolute atomic E-state index is 0.0685. The zero-order valence-corrected chi connectivity index (χ0v) is 22.2. The SMILES string of the molecule is CB(O)N[C@@H](Cc1ccccc1)C[C@H](O)[C@@H](Cc1ccccc1)N(Cc1ccccc1)Cc1ccccc1. The lowest BCUT2D eigenvalue weighted by atomic mass is 9.83. The van der Waals surface area contributed by atoms with Gasteiger partial charge in [-0.3, -0.25) is 4.90 Å². The fourth-order valence-corrected chi connectivity index (χ4v) is 5.19. The van der Waals surface area contributed by atoms with Crippen molar-refractivity contribution in [3.8, 4) is 0 Å². The molecule has 3 N–H and O–H groups in total. The molecule has 38 heavy (non-hydrogen) atoms. The van der Waals surface area contributed by atoms with Gasteiger partial charge in [-0.05, 0) is 48.3 Å². The van der Waals surface area contributed by atoms with Gasteiger partial charge in [-0.1, -0.05) is 121 Å². The summed E-state index contributed by atoms with van der Waals surface area (Å²) in [5, 5.41) is 25.4.